The number of carbonyl (C=O) groups excluding carboxylic acids is 2. The number of hydrogen-bond acceptors (Lipinski definition) is 9. The number of aromatic nitrogens is 1. The Kier molecular flexibility index (Phi) is 8.96. The van der Waals surface area contributed by atoms with Crippen molar-refractivity contribution in [1.29, 1.82) is 0 Å². The van der Waals surface area contributed by atoms with E-state index in [9.17, 15) is 9.59 Å². The molecule has 5 rings (SSSR count). The quantitative estimate of drug-likeness (QED) is 0.0809. The fraction of sp³-hybridized carbons (Fsp3) is 0.125. The van der Waals surface area contributed by atoms with E-state index >= 15 is 0 Å². The minimum Gasteiger partial charge on any atom is -0.497 e. The Bertz CT molecular complexity index is 1870. The monoisotopic (exact) mass is 613 g/mol. The molecule has 5 aromatic rings. The average Bonchev–Trinajstić information content (AvgIpc) is 3.04. The number of hydrogen-bond donors (Lipinski definition) is 3. The fourth-order valence-corrected chi connectivity index (χ4v) is 4.69. The molecule has 0 fully saturated rings. The van der Waals surface area contributed by atoms with Crippen molar-refractivity contribution in [3.05, 3.63) is 83.4 Å². The van der Waals surface area contributed by atoms with E-state index in [0.717, 1.165) is 33.2 Å². The molecule has 11 nitrogen and oxygen atoms in total. The second kappa shape index (κ2) is 13.2. The van der Waals surface area contributed by atoms with Gasteiger partial charge in [0.15, 0.2) is 11.5 Å². The number of anilines is 3. The highest BCUT2D eigenvalue weighted by Gasteiger charge is 2.15. The third kappa shape index (κ3) is 6.42. The van der Waals surface area contributed by atoms with Crippen LogP contribution in [0.5, 0.6) is 23.0 Å². The van der Waals surface area contributed by atoms with Crippen molar-refractivity contribution >= 4 is 68.5 Å². The third-order valence-corrected chi connectivity index (χ3v) is 6.86. The SMILES string of the molecule is COc1ccc2nc3cc(Cl)ccc3c(Nc3ccc(NC(=O)C(=O)N/N=C/c4cc(OC)c(OC)c(OC)c4)cc3)c2c1. The van der Waals surface area contributed by atoms with Gasteiger partial charge in [0.25, 0.3) is 0 Å². The standard InChI is InChI=1S/C32H28ClN5O6/c1-41-22-10-12-25-24(16-22)29(23-11-5-19(33)15-26(23)37-25)35-20-6-8-21(9-7-20)36-31(39)32(40)38-34-17-18-13-27(42-2)30(44-4)28(14-18)43-3/h5-17H,1-4H3,(H,35,37)(H,36,39)(H,38,40)/b34-17+. The largest absolute Gasteiger partial charge is 0.497 e. The van der Waals surface area contributed by atoms with Crippen LogP contribution in [0.25, 0.3) is 21.8 Å². The lowest BCUT2D eigenvalue weighted by Crippen LogP contribution is -2.32. The van der Waals surface area contributed by atoms with Crippen molar-refractivity contribution in [2.45, 2.75) is 0 Å². The second-order valence-corrected chi connectivity index (χ2v) is 9.78. The lowest BCUT2D eigenvalue weighted by Gasteiger charge is -2.15. The molecule has 0 aliphatic rings. The van der Waals surface area contributed by atoms with Crippen LogP contribution in [0.2, 0.25) is 5.02 Å². The maximum atomic E-state index is 12.5. The molecule has 0 unspecified atom stereocenters. The molecule has 0 aliphatic carbocycles. The molecule has 0 saturated heterocycles. The Balaban J connectivity index is 1.28. The number of rotatable bonds is 9. The van der Waals surface area contributed by atoms with Gasteiger partial charge >= 0.3 is 11.8 Å². The molecule has 44 heavy (non-hydrogen) atoms. The smallest absolute Gasteiger partial charge is 0.329 e. The molecule has 0 spiro atoms. The fourth-order valence-electron chi connectivity index (χ4n) is 4.52. The normalized spacial score (nSPS) is 10.9. The zero-order chi connectivity index (χ0) is 31.2. The summed E-state index contributed by atoms with van der Waals surface area (Å²) in [6.07, 6.45) is 1.35. The van der Waals surface area contributed by atoms with Gasteiger partial charge in [-0.15, -0.1) is 0 Å². The zero-order valence-electron chi connectivity index (χ0n) is 24.2. The van der Waals surface area contributed by atoms with E-state index in [1.807, 2.05) is 30.3 Å². The molecule has 0 atom stereocenters. The first kappa shape index (κ1) is 29.9. The molecule has 0 radical (unpaired) electrons. The topological polar surface area (TPSA) is 132 Å². The van der Waals surface area contributed by atoms with Crippen LogP contribution in [0, 0.1) is 0 Å². The number of methoxy groups -OCH3 is 4. The van der Waals surface area contributed by atoms with Gasteiger partial charge in [0.05, 0.1) is 51.4 Å². The second-order valence-electron chi connectivity index (χ2n) is 9.35. The van der Waals surface area contributed by atoms with Crippen molar-refractivity contribution in [3.8, 4) is 23.0 Å². The predicted octanol–water partition coefficient (Wildman–Crippen LogP) is 5.91. The summed E-state index contributed by atoms with van der Waals surface area (Å²) in [5.74, 6) is 0.125. The molecule has 1 aromatic heterocycles. The summed E-state index contributed by atoms with van der Waals surface area (Å²) in [4.78, 5) is 29.6. The summed E-state index contributed by atoms with van der Waals surface area (Å²) in [5, 5.41) is 12.2. The number of fused-ring (bicyclic) bond motifs is 2. The molecule has 1 heterocycles. The highest BCUT2D eigenvalue weighted by Crippen LogP contribution is 2.38. The van der Waals surface area contributed by atoms with Gasteiger partial charge in [0.2, 0.25) is 5.75 Å². The summed E-state index contributed by atoms with van der Waals surface area (Å²) >= 11 is 6.24. The van der Waals surface area contributed by atoms with Crippen LogP contribution < -0.4 is 35.0 Å². The van der Waals surface area contributed by atoms with Crippen LogP contribution in [-0.4, -0.2) is 51.5 Å². The van der Waals surface area contributed by atoms with E-state index in [-0.39, 0.29) is 0 Å². The number of amides is 2. The number of carbonyl (C=O) groups is 2. The van der Waals surface area contributed by atoms with Gasteiger partial charge in [0, 0.05) is 32.7 Å². The van der Waals surface area contributed by atoms with Crippen LogP contribution in [0.3, 0.4) is 0 Å². The van der Waals surface area contributed by atoms with Gasteiger partial charge in [-0.05, 0) is 72.8 Å². The van der Waals surface area contributed by atoms with Gasteiger partial charge < -0.3 is 29.6 Å². The summed E-state index contributed by atoms with van der Waals surface area (Å²) in [6.45, 7) is 0. The first-order valence-corrected chi connectivity index (χ1v) is 13.6. The highest BCUT2D eigenvalue weighted by molar-refractivity contribution is 6.39. The van der Waals surface area contributed by atoms with Crippen molar-refractivity contribution < 1.29 is 28.5 Å². The summed E-state index contributed by atoms with van der Waals surface area (Å²) < 4.78 is 21.3. The molecule has 2 amide bonds. The van der Waals surface area contributed by atoms with Crippen molar-refractivity contribution in [3.63, 3.8) is 0 Å². The molecule has 4 aromatic carbocycles. The molecule has 0 bridgehead atoms. The minimum absolute atomic E-state index is 0.419. The first-order chi connectivity index (χ1) is 21.3. The van der Waals surface area contributed by atoms with Crippen molar-refractivity contribution in [2.75, 3.05) is 39.1 Å². The van der Waals surface area contributed by atoms with E-state index in [1.54, 1.807) is 49.6 Å². The summed E-state index contributed by atoms with van der Waals surface area (Å²) in [5.41, 5.74) is 6.26. The Morgan fingerprint density at radius 3 is 2.11 bits per heavy atom. The van der Waals surface area contributed by atoms with E-state index in [0.29, 0.717) is 39.3 Å². The molecular formula is C32H28ClN5O6. The number of benzene rings is 4. The Hall–Kier alpha value is -5.55. The maximum Gasteiger partial charge on any atom is 0.329 e. The third-order valence-electron chi connectivity index (χ3n) is 6.63. The number of halogens is 1. The van der Waals surface area contributed by atoms with Crippen LogP contribution >= 0.6 is 11.6 Å². The lowest BCUT2D eigenvalue weighted by molar-refractivity contribution is -0.136. The van der Waals surface area contributed by atoms with E-state index < -0.39 is 11.8 Å². The molecule has 3 N–H and O–H groups in total. The van der Waals surface area contributed by atoms with Crippen LogP contribution in [0.15, 0.2) is 77.9 Å². The number of nitrogens with zero attached hydrogens (tertiary/aromatic N) is 2. The first-order valence-electron chi connectivity index (χ1n) is 13.2. The minimum atomic E-state index is -0.946. The highest BCUT2D eigenvalue weighted by atomic mass is 35.5. The Morgan fingerprint density at radius 2 is 1.45 bits per heavy atom. The predicted molar refractivity (Wildman–Crippen MR) is 171 cm³/mol. The Morgan fingerprint density at radius 1 is 0.750 bits per heavy atom. The average molecular weight is 614 g/mol. The molecular weight excluding hydrogens is 586 g/mol. The molecule has 0 saturated carbocycles. The van der Waals surface area contributed by atoms with E-state index in [4.69, 9.17) is 35.5 Å². The van der Waals surface area contributed by atoms with Gasteiger partial charge in [-0.1, -0.05) is 11.6 Å². The summed E-state index contributed by atoms with van der Waals surface area (Å²) in [6, 6.07) is 21.4. The lowest BCUT2D eigenvalue weighted by atomic mass is 10.1. The zero-order valence-corrected chi connectivity index (χ0v) is 25.0. The van der Waals surface area contributed by atoms with E-state index in [1.165, 1.54) is 27.5 Å². The van der Waals surface area contributed by atoms with Crippen molar-refractivity contribution in [2.24, 2.45) is 5.10 Å². The van der Waals surface area contributed by atoms with Crippen LogP contribution in [0.1, 0.15) is 5.56 Å². The van der Waals surface area contributed by atoms with Gasteiger partial charge in [-0.25, -0.2) is 10.4 Å². The summed E-state index contributed by atoms with van der Waals surface area (Å²) in [7, 11) is 6.08. The molecule has 0 aliphatic heterocycles. The number of nitrogens with one attached hydrogen (secondary N) is 3. The Labute approximate surface area is 257 Å². The van der Waals surface area contributed by atoms with Crippen LogP contribution in [-0.2, 0) is 9.59 Å². The van der Waals surface area contributed by atoms with Gasteiger partial charge in [-0.3, -0.25) is 9.59 Å². The molecule has 224 valence electrons. The van der Waals surface area contributed by atoms with Gasteiger partial charge in [0.1, 0.15) is 5.75 Å². The van der Waals surface area contributed by atoms with E-state index in [2.05, 4.69) is 21.2 Å². The number of hydrazone groups is 1. The maximum absolute atomic E-state index is 12.5. The van der Waals surface area contributed by atoms with Crippen LogP contribution in [0.4, 0.5) is 17.1 Å². The molecule has 12 heteroatoms. The number of ether oxygens (including phenoxy) is 4. The van der Waals surface area contributed by atoms with Gasteiger partial charge in [-0.2, -0.15) is 5.10 Å². The number of pyridine rings is 1. The van der Waals surface area contributed by atoms with Crippen molar-refractivity contribution in [1.82, 2.24) is 10.4 Å².